The molecule has 102 valence electrons. The molecule has 0 saturated carbocycles. The van der Waals surface area contributed by atoms with Crippen LogP contribution in [0.1, 0.15) is 5.56 Å². The summed E-state index contributed by atoms with van der Waals surface area (Å²) in [6, 6.07) is 8.95. The summed E-state index contributed by atoms with van der Waals surface area (Å²) in [5.41, 5.74) is 9.19. The zero-order valence-electron chi connectivity index (χ0n) is 10.5. The van der Waals surface area contributed by atoms with E-state index >= 15 is 0 Å². The van der Waals surface area contributed by atoms with Crippen LogP contribution in [0.4, 0.5) is 10.3 Å². The van der Waals surface area contributed by atoms with Crippen LogP contribution < -0.4 is 5.73 Å². The maximum atomic E-state index is 13.8. The molecule has 0 aliphatic rings. The van der Waals surface area contributed by atoms with E-state index in [9.17, 15) is 4.39 Å². The molecule has 2 aromatic carbocycles. The van der Waals surface area contributed by atoms with Gasteiger partial charge < -0.3 is 5.73 Å². The van der Waals surface area contributed by atoms with Crippen LogP contribution in [0, 0.1) is 12.7 Å². The van der Waals surface area contributed by atoms with Crippen molar-refractivity contribution in [1.82, 2.24) is 9.55 Å². The van der Waals surface area contributed by atoms with E-state index in [1.807, 2.05) is 25.1 Å². The SMILES string of the molecule is Cc1cc(Br)cc(-n2c(N)nc3cc(Br)c(F)cc32)c1. The summed E-state index contributed by atoms with van der Waals surface area (Å²) in [5, 5.41) is 0. The van der Waals surface area contributed by atoms with Gasteiger partial charge in [0.25, 0.3) is 0 Å². The zero-order chi connectivity index (χ0) is 14.4. The lowest BCUT2D eigenvalue weighted by atomic mass is 10.2. The van der Waals surface area contributed by atoms with Crippen LogP contribution >= 0.6 is 31.9 Å². The molecule has 6 heteroatoms. The summed E-state index contributed by atoms with van der Waals surface area (Å²) in [6.07, 6.45) is 0. The van der Waals surface area contributed by atoms with Gasteiger partial charge in [0.15, 0.2) is 0 Å². The number of aryl methyl sites for hydroxylation is 1. The van der Waals surface area contributed by atoms with Crippen LogP contribution in [-0.4, -0.2) is 9.55 Å². The Balaban J connectivity index is 2.35. The van der Waals surface area contributed by atoms with Gasteiger partial charge in [0.05, 0.1) is 21.2 Å². The summed E-state index contributed by atoms with van der Waals surface area (Å²) in [4.78, 5) is 4.28. The van der Waals surface area contributed by atoms with E-state index in [1.54, 1.807) is 10.6 Å². The quantitative estimate of drug-likeness (QED) is 0.651. The first-order valence-corrected chi connectivity index (χ1v) is 7.45. The highest BCUT2D eigenvalue weighted by Gasteiger charge is 2.13. The molecule has 3 rings (SSSR count). The summed E-state index contributed by atoms with van der Waals surface area (Å²) in [7, 11) is 0. The molecule has 0 unspecified atom stereocenters. The molecule has 0 fully saturated rings. The summed E-state index contributed by atoms with van der Waals surface area (Å²) in [6.45, 7) is 1.99. The lowest BCUT2D eigenvalue weighted by molar-refractivity contribution is 0.622. The minimum Gasteiger partial charge on any atom is -0.369 e. The van der Waals surface area contributed by atoms with Crippen molar-refractivity contribution in [3.8, 4) is 5.69 Å². The van der Waals surface area contributed by atoms with Gasteiger partial charge in [-0.05, 0) is 52.7 Å². The van der Waals surface area contributed by atoms with Crippen molar-refractivity contribution in [3.05, 3.63) is 50.7 Å². The van der Waals surface area contributed by atoms with Crippen molar-refractivity contribution in [2.45, 2.75) is 6.92 Å². The second-order valence-electron chi connectivity index (χ2n) is 4.55. The first kappa shape index (κ1) is 13.6. The molecule has 0 saturated heterocycles. The van der Waals surface area contributed by atoms with Crippen molar-refractivity contribution >= 4 is 48.8 Å². The van der Waals surface area contributed by atoms with E-state index in [1.165, 1.54) is 6.07 Å². The summed E-state index contributed by atoms with van der Waals surface area (Å²) < 4.78 is 16.8. The zero-order valence-corrected chi connectivity index (χ0v) is 13.7. The smallest absolute Gasteiger partial charge is 0.205 e. The molecule has 0 atom stereocenters. The van der Waals surface area contributed by atoms with E-state index < -0.39 is 0 Å². The molecule has 0 spiro atoms. The number of aromatic nitrogens is 2. The number of anilines is 1. The fourth-order valence-corrected chi connectivity index (χ4v) is 3.14. The number of hydrogen-bond acceptors (Lipinski definition) is 2. The van der Waals surface area contributed by atoms with Crippen molar-refractivity contribution < 1.29 is 4.39 Å². The predicted octanol–water partition coefficient (Wildman–Crippen LogP) is 4.58. The topological polar surface area (TPSA) is 43.8 Å². The van der Waals surface area contributed by atoms with Gasteiger partial charge in [-0.1, -0.05) is 15.9 Å². The highest BCUT2D eigenvalue weighted by Crippen LogP contribution is 2.29. The fraction of sp³-hybridized carbons (Fsp3) is 0.0714. The van der Waals surface area contributed by atoms with Crippen molar-refractivity contribution in [2.75, 3.05) is 5.73 Å². The molecule has 20 heavy (non-hydrogen) atoms. The molecular weight excluding hydrogens is 389 g/mol. The van der Waals surface area contributed by atoms with E-state index in [0.717, 1.165) is 15.7 Å². The van der Waals surface area contributed by atoms with Crippen molar-refractivity contribution in [2.24, 2.45) is 0 Å². The molecule has 0 amide bonds. The molecule has 1 heterocycles. The van der Waals surface area contributed by atoms with Crippen LogP contribution in [0.15, 0.2) is 39.3 Å². The molecular formula is C14H10Br2FN3. The van der Waals surface area contributed by atoms with Crippen LogP contribution in [0.3, 0.4) is 0 Å². The standard InChI is InChI=1S/C14H10Br2FN3/c1-7-2-8(15)4-9(3-7)20-13-6-11(17)10(16)5-12(13)19-14(20)18/h2-6H,1H3,(H2,18,19). The molecule has 3 aromatic rings. The van der Waals surface area contributed by atoms with Gasteiger partial charge in [0, 0.05) is 10.5 Å². The van der Waals surface area contributed by atoms with E-state index in [-0.39, 0.29) is 5.82 Å². The maximum Gasteiger partial charge on any atom is 0.205 e. The van der Waals surface area contributed by atoms with Crippen LogP contribution in [0.5, 0.6) is 0 Å². The number of benzene rings is 2. The summed E-state index contributed by atoms with van der Waals surface area (Å²) >= 11 is 6.61. The Bertz CT molecular complexity index is 807. The van der Waals surface area contributed by atoms with E-state index in [4.69, 9.17) is 5.73 Å². The molecule has 2 N–H and O–H groups in total. The molecule has 0 bridgehead atoms. The number of nitrogen functional groups attached to an aromatic ring is 1. The fourth-order valence-electron chi connectivity index (χ4n) is 2.21. The third-order valence-corrected chi connectivity index (χ3v) is 4.07. The number of fused-ring (bicyclic) bond motifs is 1. The Morgan fingerprint density at radius 3 is 2.60 bits per heavy atom. The van der Waals surface area contributed by atoms with Gasteiger partial charge in [-0.2, -0.15) is 0 Å². The largest absolute Gasteiger partial charge is 0.369 e. The third-order valence-electron chi connectivity index (χ3n) is 3.01. The second-order valence-corrected chi connectivity index (χ2v) is 6.32. The predicted molar refractivity (Wildman–Crippen MR) is 85.6 cm³/mol. The molecule has 0 aliphatic heterocycles. The van der Waals surface area contributed by atoms with Crippen LogP contribution in [0.2, 0.25) is 0 Å². The maximum absolute atomic E-state index is 13.8. The van der Waals surface area contributed by atoms with Gasteiger partial charge in [0.1, 0.15) is 5.82 Å². The third kappa shape index (κ3) is 2.23. The number of rotatable bonds is 1. The number of imidazole rings is 1. The van der Waals surface area contributed by atoms with Gasteiger partial charge in [-0.15, -0.1) is 0 Å². The van der Waals surface area contributed by atoms with Crippen molar-refractivity contribution in [1.29, 1.82) is 0 Å². The Kier molecular flexibility index (Phi) is 3.30. The lowest BCUT2D eigenvalue weighted by Crippen LogP contribution is -2.01. The monoisotopic (exact) mass is 397 g/mol. The molecule has 0 aliphatic carbocycles. The Morgan fingerprint density at radius 2 is 1.90 bits per heavy atom. The first-order chi connectivity index (χ1) is 9.45. The number of nitrogens with zero attached hydrogens (tertiary/aromatic N) is 2. The van der Waals surface area contributed by atoms with Crippen molar-refractivity contribution in [3.63, 3.8) is 0 Å². The van der Waals surface area contributed by atoms with Gasteiger partial charge in [0.2, 0.25) is 5.95 Å². The van der Waals surface area contributed by atoms with Gasteiger partial charge in [-0.25, -0.2) is 9.37 Å². The second kappa shape index (κ2) is 4.86. The van der Waals surface area contributed by atoms with Crippen LogP contribution in [-0.2, 0) is 0 Å². The number of hydrogen-bond donors (Lipinski definition) is 1. The van der Waals surface area contributed by atoms with Crippen LogP contribution in [0.25, 0.3) is 16.7 Å². The molecule has 1 aromatic heterocycles. The highest BCUT2D eigenvalue weighted by molar-refractivity contribution is 9.10. The normalized spacial score (nSPS) is 11.2. The molecule has 3 nitrogen and oxygen atoms in total. The Labute approximate surface area is 131 Å². The average molecular weight is 399 g/mol. The van der Waals surface area contributed by atoms with E-state index in [0.29, 0.717) is 21.5 Å². The van der Waals surface area contributed by atoms with Gasteiger partial charge in [-0.3, -0.25) is 4.57 Å². The number of nitrogens with two attached hydrogens (primary N) is 1. The summed E-state index contributed by atoms with van der Waals surface area (Å²) in [5.74, 6) is -0.0135. The molecule has 0 radical (unpaired) electrons. The Morgan fingerprint density at radius 1 is 1.15 bits per heavy atom. The lowest BCUT2D eigenvalue weighted by Gasteiger charge is -2.08. The Hall–Kier alpha value is -1.40. The minimum atomic E-state index is -0.342. The van der Waals surface area contributed by atoms with Gasteiger partial charge >= 0.3 is 0 Å². The van der Waals surface area contributed by atoms with E-state index in [2.05, 4.69) is 36.8 Å². The highest BCUT2D eigenvalue weighted by atomic mass is 79.9. The minimum absolute atomic E-state index is 0.329. The first-order valence-electron chi connectivity index (χ1n) is 5.86. The number of halogens is 3. The average Bonchev–Trinajstić information content (AvgIpc) is 2.64.